The summed E-state index contributed by atoms with van der Waals surface area (Å²) in [5, 5.41) is 30.2. The summed E-state index contributed by atoms with van der Waals surface area (Å²) in [5.41, 5.74) is 4.64. The van der Waals surface area contributed by atoms with Gasteiger partial charge in [-0.2, -0.15) is 5.10 Å². The number of aryl methyl sites for hydroxylation is 1. The number of rotatable bonds is 3. The van der Waals surface area contributed by atoms with E-state index in [1.54, 1.807) is 18.5 Å². The first-order valence-corrected chi connectivity index (χ1v) is 11.0. The Morgan fingerprint density at radius 3 is 2.39 bits per heavy atom. The second-order valence-corrected chi connectivity index (χ2v) is 10.1. The summed E-state index contributed by atoms with van der Waals surface area (Å²) in [5.74, 6) is 1.08. The molecule has 0 spiro atoms. The van der Waals surface area contributed by atoms with Crippen LogP contribution in [0.3, 0.4) is 0 Å². The van der Waals surface area contributed by atoms with E-state index in [0.29, 0.717) is 11.3 Å². The van der Waals surface area contributed by atoms with E-state index in [2.05, 4.69) is 58.0 Å². The maximum atomic E-state index is 10.7. The van der Waals surface area contributed by atoms with E-state index in [-0.39, 0.29) is 35.3 Å². The molecule has 1 aliphatic heterocycles. The van der Waals surface area contributed by atoms with Crippen molar-refractivity contribution in [2.75, 3.05) is 0 Å². The maximum absolute atomic E-state index is 10.7. The van der Waals surface area contributed by atoms with Crippen molar-refractivity contribution in [3.8, 4) is 28.1 Å². The lowest BCUT2D eigenvalue weighted by Gasteiger charge is -2.47. The number of H-pyrrole nitrogens is 1. The zero-order valence-electron chi connectivity index (χ0n) is 19.5. The fourth-order valence-corrected chi connectivity index (χ4v) is 5.37. The number of nitrogens with zero attached hydrogens (tertiary/aromatic N) is 5. The van der Waals surface area contributed by atoms with Crippen LogP contribution >= 0.6 is 12.4 Å². The third-order valence-electron chi connectivity index (χ3n) is 6.25. The van der Waals surface area contributed by atoms with Gasteiger partial charge in [-0.05, 0) is 71.2 Å². The number of aromatic nitrogens is 6. The third-order valence-corrected chi connectivity index (χ3v) is 6.25. The number of phenols is 1. The van der Waals surface area contributed by atoms with E-state index in [1.165, 1.54) is 0 Å². The molecule has 4 heterocycles. The Morgan fingerprint density at radius 2 is 1.76 bits per heavy atom. The normalized spacial score (nSPS) is 17.7. The van der Waals surface area contributed by atoms with Crippen LogP contribution in [-0.4, -0.2) is 46.1 Å². The Labute approximate surface area is 199 Å². The highest BCUT2D eigenvalue weighted by Crippen LogP contribution is 2.38. The van der Waals surface area contributed by atoms with Gasteiger partial charge in [-0.1, -0.05) is 6.07 Å². The number of fused-ring (bicyclic) bond motifs is 1. The number of aromatic hydroxyl groups is 1. The lowest BCUT2D eigenvalue weighted by molar-refractivity contribution is 0.133. The molecule has 0 atom stereocenters. The maximum Gasteiger partial charge on any atom is 0.182 e. The SMILES string of the molecule is Cc1nc2cc(-c3ccc(-c4cn[nH]c4)cc3O)nnc2n1C1CC(C)(C)NC(C)(C)C1.Cl. The summed E-state index contributed by atoms with van der Waals surface area (Å²) >= 11 is 0. The summed E-state index contributed by atoms with van der Waals surface area (Å²) in [4.78, 5) is 4.80. The monoisotopic (exact) mass is 467 g/mol. The summed E-state index contributed by atoms with van der Waals surface area (Å²) in [6, 6.07) is 7.71. The second-order valence-electron chi connectivity index (χ2n) is 10.1. The average molecular weight is 468 g/mol. The Hall–Kier alpha value is -2.97. The van der Waals surface area contributed by atoms with Crippen molar-refractivity contribution in [2.45, 2.75) is 64.6 Å². The van der Waals surface area contributed by atoms with Crippen molar-refractivity contribution in [2.24, 2.45) is 0 Å². The molecule has 0 saturated carbocycles. The van der Waals surface area contributed by atoms with E-state index in [4.69, 9.17) is 4.98 Å². The molecule has 8 nitrogen and oxygen atoms in total. The van der Waals surface area contributed by atoms with Gasteiger partial charge < -0.3 is 15.0 Å². The predicted molar refractivity (Wildman–Crippen MR) is 132 cm³/mol. The highest BCUT2D eigenvalue weighted by Gasteiger charge is 2.39. The zero-order chi connectivity index (χ0) is 22.7. The van der Waals surface area contributed by atoms with Crippen LogP contribution in [0, 0.1) is 6.92 Å². The van der Waals surface area contributed by atoms with Crippen molar-refractivity contribution >= 4 is 23.6 Å². The van der Waals surface area contributed by atoms with Crippen LogP contribution in [0.4, 0.5) is 0 Å². The van der Waals surface area contributed by atoms with Gasteiger partial charge in [-0.3, -0.25) is 5.10 Å². The van der Waals surface area contributed by atoms with Gasteiger partial charge in [0.25, 0.3) is 0 Å². The first-order chi connectivity index (χ1) is 15.1. The molecule has 1 aliphatic rings. The van der Waals surface area contributed by atoms with Crippen LogP contribution in [0.5, 0.6) is 5.75 Å². The van der Waals surface area contributed by atoms with Gasteiger partial charge in [-0.25, -0.2) is 4.98 Å². The van der Waals surface area contributed by atoms with Crippen LogP contribution in [0.1, 0.15) is 52.4 Å². The molecule has 1 aromatic carbocycles. The summed E-state index contributed by atoms with van der Waals surface area (Å²) in [7, 11) is 0. The number of hydrogen-bond acceptors (Lipinski definition) is 6. The lowest BCUT2D eigenvalue weighted by Crippen LogP contribution is -2.58. The highest BCUT2D eigenvalue weighted by atomic mass is 35.5. The number of piperidine rings is 1. The molecule has 4 aromatic rings. The largest absolute Gasteiger partial charge is 0.507 e. The number of halogens is 1. The molecule has 1 saturated heterocycles. The molecule has 0 aliphatic carbocycles. The third kappa shape index (κ3) is 4.32. The molecular formula is C24H30ClN7O. The number of imidazole rings is 1. The molecule has 0 radical (unpaired) electrons. The fraction of sp³-hybridized carbons (Fsp3) is 0.417. The van der Waals surface area contributed by atoms with Gasteiger partial charge in [0, 0.05) is 34.4 Å². The van der Waals surface area contributed by atoms with Gasteiger partial charge in [0.15, 0.2) is 5.65 Å². The second kappa shape index (κ2) is 8.11. The average Bonchev–Trinajstić information content (AvgIpc) is 3.32. The van der Waals surface area contributed by atoms with E-state index in [1.807, 2.05) is 25.1 Å². The molecule has 9 heteroatoms. The number of hydrogen-bond donors (Lipinski definition) is 3. The Kier molecular flexibility index (Phi) is 5.70. The molecule has 33 heavy (non-hydrogen) atoms. The highest BCUT2D eigenvalue weighted by molar-refractivity contribution is 5.85. The Bertz CT molecular complexity index is 1280. The molecule has 0 amide bonds. The van der Waals surface area contributed by atoms with Crippen LogP contribution in [0.2, 0.25) is 0 Å². The molecule has 3 N–H and O–H groups in total. The molecule has 0 bridgehead atoms. The topological polar surface area (TPSA) is 105 Å². The number of benzene rings is 1. The molecule has 174 valence electrons. The minimum absolute atomic E-state index is 0. The lowest BCUT2D eigenvalue weighted by atomic mass is 9.79. The van der Waals surface area contributed by atoms with Gasteiger partial charge in [-0.15, -0.1) is 22.6 Å². The first-order valence-electron chi connectivity index (χ1n) is 11.0. The van der Waals surface area contributed by atoms with E-state index >= 15 is 0 Å². The van der Waals surface area contributed by atoms with E-state index in [9.17, 15) is 5.11 Å². The zero-order valence-corrected chi connectivity index (χ0v) is 20.4. The molecule has 0 unspecified atom stereocenters. The molecular weight excluding hydrogens is 438 g/mol. The van der Waals surface area contributed by atoms with Crippen LogP contribution in [0.25, 0.3) is 33.5 Å². The van der Waals surface area contributed by atoms with Crippen molar-refractivity contribution in [3.63, 3.8) is 0 Å². The van der Waals surface area contributed by atoms with Crippen LogP contribution in [0.15, 0.2) is 36.7 Å². The predicted octanol–water partition coefficient (Wildman–Crippen LogP) is 4.80. The van der Waals surface area contributed by atoms with Gasteiger partial charge in [0.1, 0.15) is 17.1 Å². The standard InChI is InChI=1S/C24H29N7O.ClH/c1-14-27-20-9-19(18-7-6-15(8-21(18)32)16-12-25-26-13-16)28-29-22(20)31(14)17-10-23(2,3)30-24(4,5)11-17;/h6-9,12-13,17,30,32H,10-11H2,1-5H3,(H,25,26);1H. The van der Waals surface area contributed by atoms with Crippen molar-refractivity contribution in [1.82, 2.24) is 35.3 Å². The van der Waals surface area contributed by atoms with Crippen LogP contribution in [-0.2, 0) is 0 Å². The van der Waals surface area contributed by atoms with Gasteiger partial charge in [0.2, 0.25) is 0 Å². The summed E-state index contributed by atoms with van der Waals surface area (Å²) < 4.78 is 2.23. The number of nitrogens with one attached hydrogen (secondary N) is 2. The quantitative estimate of drug-likeness (QED) is 0.399. The smallest absolute Gasteiger partial charge is 0.182 e. The van der Waals surface area contributed by atoms with Crippen molar-refractivity contribution in [1.29, 1.82) is 0 Å². The van der Waals surface area contributed by atoms with E-state index in [0.717, 1.165) is 41.0 Å². The Morgan fingerprint density at radius 1 is 1.03 bits per heavy atom. The molecule has 5 rings (SSSR count). The number of aromatic amines is 1. The Balaban J connectivity index is 0.00000259. The first kappa shape index (κ1) is 23.2. The van der Waals surface area contributed by atoms with Crippen LogP contribution < -0.4 is 5.32 Å². The van der Waals surface area contributed by atoms with E-state index < -0.39 is 0 Å². The van der Waals surface area contributed by atoms with Gasteiger partial charge >= 0.3 is 0 Å². The summed E-state index contributed by atoms with van der Waals surface area (Å²) in [6.07, 6.45) is 5.49. The minimum atomic E-state index is 0. The minimum Gasteiger partial charge on any atom is -0.507 e. The van der Waals surface area contributed by atoms with Crippen molar-refractivity contribution in [3.05, 3.63) is 42.5 Å². The van der Waals surface area contributed by atoms with Gasteiger partial charge in [0.05, 0.1) is 11.9 Å². The molecule has 1 fully saturated rings. The number of phenolic OH excluding ortho intramolecular Hbond substituents is 1. The fourth-order valence-electron chi connectivity index (χ4n) is 5.37. The molecule has 3 aromatic heterocycles. The van der Waals surface area contributed by atoms with Crippen molar-refractivity contribution < 1.29 is 5.11 Å². The summed E-state index contributed by atoms with van der Waals surface area (Å²) in [6.45, 7) is 11.0.